The van der Waals surface area contributed by atoms with Gasteiger partial charge in [0.05, 0.1) is 10.7 Å². The van der Waals surface area contributed by atoms with E-state index in [4.69, 9.17) is 0 Å². The average molecular weight is 377 g/mol. The maximum absolute atomic E-state index is 12.4. The zero-order valence-corrected chi connectivity index (χ0v) is 15.8. The van der Waals surface area contributed by atoms with Gasteiger partial charge in [-0.05, 0) is 32.6 Å². The summed E-state index contributed by atoms with van der Waals surface area (Å²) < 4.78 is 0. The lowest BCUT2D eigenvalue weighted by Crippen LogP contribution is -2.45. The van der Waals surface area contributed by atoms with E-state index in [1.54, 1.807) is 4.90 Å². The molecule has 2 N–H and O–H groups in total. The minimum absolute atomic E-state index is 0.0705. The van der Waals surface area contributed by atoms with Crippen molar-refractivity contribution in [1.82, 2.24) is 20.6 Å². The molecule has 0 unspecified atom stereocenters. The molecule has 3 rings (SSSR count). The zero-order chi connectivity index (χ0) is 18.7. The molecule has 26 heavy (non-hydrogen) atoms. The SMILES string of the molecule is Cc1nc(C)c(C(=O)NCC2CCN(C(=O)C3=NNC(=O)CC3)CC2)s1. The fourth-order valence-electron chi connectivity index (χ4n) is 3.21. The second kappa shape index (κ2) is 7.94. The van der Waals surface area contributed by atoms with E-state index in [0.717, 1.165) is 23.5 Å². The summed E-state index contributed by atoms with van der Waals surface area (Å²) >= 11 is 1.41. The Labute approximate surface area is 156 Å². The van der Waals surface area contributed by atoms with Crippen LogP contribution in [0, 0.1) is 19.8 Å². The Kier molecular flexibility index (Phi) is 5.65. The first-order valence-corrected chi connectivity index (χ1v) is 9.62. The Balaban J connectivity index is 1.45. The average Bonchev–Trinajstić information content (AvgIpc) is 2.98. The van der Waals surface area contributed by atoms with E-state index in [2.05, 4.69) is 20.8 Å². The van der Waals surface area contributed by atoms with Gasteiger partial charge in [-0.1, -0.05) is 0 Å². The molecule has 2 aliphatic heterocycles. The highest BCUT2D eigenvalue weighted by atomic mass is 32.1. The van der Waals surface area contributed by atoms with Crippen LogP contribution in [0.1, 0.15) is 46.1 Å². The highest BCUT2D eigenvalue weighted by Crippen LogP contribution is 2.20. The first kappa shape index (κ1) is 18.5. The summed E-state index contributed by atoms with van der Waals surface area (Å²) in [5.74, 6) is 0.0369. The van der Waals surface area contributed by atoms with Crippen molar-refractivity contribution in [2.75, 3.05) is 19.6 Å². The van der Waals surface area contributed by atoms with Crippen molar-refractivity contribution in [3.05, 3.63) is 15.6 Å². The first-order chi connectivity index (χ1) is 12.4. The monoisotopic (exact) mass is 377 g/mol. The molecule has 3 heterocycles. The smallest absolute Gasteiger partial charge is 0.270 e. The van der Waals surface area contributed by atoms with Crippen LogP contribution in [0.3, 0.4) is 0 Å². The number of aryl methyl sites for hydroxylation is 2. The number of carbonyl (C=O) groups is 3. The van der Waals surface area contributed by atoms with Crippen LogP contribution in [-0.2, 0) is 9.59 Å². The van der Waals surface area contributed by atoms with Crippen molar-refractivity contribution in [2.24, 2.45) is 11.0 Å². The second-order valence-electron chi connectivity index (χ2n) is 6.69. The van der Waals surface area contributed by atoms with Crippen LogP contribution < -0.4 is 10.7 Å². The molecule has 0 spiro atoms. The lowest BCUT2D eigenvalue weighted by Gasteiger charge is -2.32. The predicted octanol–water partition coefficient (Wildman–Crippen LogP) is 0.994. The second-order valence-corrected chi connectivity index (χ2v) is 7.89. The molecule has 1 fully saturated rings. The van der Waals surface area contributed by atoms with E-state index in [1.165, 1.54) is 11.3 Å². The maximum atomic E-state index is 12.4. The third-order valence-corrected chi connectivity index (χ3v) is 5.79. The van der Waals surface area contributed by atoms with E-state index < -0.39 is 0 Å². The number of nitrogens with zero attached hydrogens (tertiary/aromatic N) is 3. The molecule has 1 saturated heterocycles. The number of hydrogen-bond donors (Lipinski definition) is 2. The van der Waals surface area contributed by atoms with Crippen molar-refractivity contribution in [2.45, 2.75) is 39.5 Å². The molecule has 140 valence electrons. The number of piperidine rings is 1. The van der Waals surface area contributed by atoms with Gasteiger partial charge in [0.25, 0.3) is 11.8 Å². The molecular weight excluding hydrogens is 354 g/mol. The molecule has 8 nitrogen and oxygen atoms in total. The number of thiazole rings is 1. The number of aromatic nitrogens is 1. The predicted molar refractivity (Wildman–Crippen MR) is 98.0 cm³/mol. The van der Waals surface area contributed by atoms with Crippen molar-refractivity contribution >= 4 is 34.8 Å². The fourth-order valence-corrected chi connectivity index (χ4v) is 4.05. The molecule has 0 saturated carbocycles. The summed E-state index contributed by atoms with van der Waals surface area (Å²) in [5, 5.41) is 7.75. The molecule has 0 aromatic carbocycles. The Morgan fingerprint density at radius 3 is 2.58 bits per heavy atom. The van der Waals surface area contributed by atoms with Gasteiger partial charge in [0.1, 0.15) is 10.6 Å². The van der Waals surface area contributed by atoms with Gasteiger partial charge in [-0.25, -0.2) is 10.4 Å². The summed E-state index contributed by atoms with van der Waals surface area (Å²) in [7, 11) is 0. The molecule has 1 aromatic heterocycles. The molecule has 0 atom stereocenters. The number of hydrazone groups is 1. The van der Waals surface area contributed by atoms with Crippen LogP contribution in [0.5, 0.6) is 0 Å². The van der Waals surface area contributed by atoms with E-state index in [-0.39, 0.29) is 17.7 Å². The molecule has 3 amide bonds. The van der Waals surface area contributed by atoms with Gasteiger partial charge in [-0.2, -0.15) is 5.10 Å². The summed E-state index contributed by atoms with van der Waals surface area (Å²) in [6.45, 7) is 5.63. The first-order valence-electron chi connectivity index (χ1n) is 8.81. The minimum Gasteiger partial charge on any atom is -0.351 e. The van der Waals surface area contributed by atoms with Gasteiger partial charge < -0.3 is 10.2 Å². The van der Waals surface area contributed by atoms with Crippen LogP contribution >= 0.6 is 11.3 Å². The van der Waals surface area contributed by atoms with Gasteiger partial charge in [-0.15, -0.1) is 11.3 Å². The zero-order valence-electron chi connectivity index (χ0n) is 15.0. The van der Waals surface area contributed by atoms with E-state index in [0.29, 0.717) is 49.0 Å². The molecule has 9 heteroatoms. The van der Waals surface area contributed by atoms with Gasteiger partial charge >= 0.3 is 0 Å². The fraction of sp³-hybridized carbons (Fsp3) is 0.588. The number of amides is 3. The summed E-state index contributed by atoms with van der Waals surface area (Å²) in [6, 6.07) is 0. The summed E-state index contributed by atoms with van der Waals surface area (Å²) in [6.07, 6.45) is 2.39. The molecule has 0 radical (unpaired) electrons. The van der Waals surface area contributed by atoms with Gasteiger partial charge in [0.15, 0.2) is 0 Å². The Hall–Kier alpha value is -2.29. The third kappa shape index (κ3) is 4.27. The van der Waals surface area contributed by atoms with E-state index in [1.807, 2.05) is 13.8 Å². The lowest BCUT2D eigenvalue weighted by atomic mass is 9.96. The summed E-state index contributed by atoms with van der Waals surface area (Å²) in [4.78, 5) is 42.6. The Bertz CT molecular complexity index is 750. The van der Waals surface area contributed by atoms with Crippen molar-refractivity contribution in [1.29, 1.82) is 0 Å². The number of likely N-dealkylation sites (tertiary alicyclic amines) is 1. The van der Waals surface area contributed by atoms with E-state index >= 15 is 0 Å². The molecular formula is C17H23N5O3S. The topological polar surface area (TPSA) is 104 Å². The number of nitrogens with one attached hydrogen (secondary N) is 2. The van der Waals surface area contributed by atoms with Crippen molar-refractivity contribution in [3.8, 4) is 0 Å². The Morgan fingerprint density at radius 1 is 1.27 bits per heavy atom. The van der Waals surface area contributed by atoms with Crippen LogP contribution in [0.2, 0.25) is 0 Å². The van der Waals surface area contributed by atoms with Crippen LogP contribution in [0.25, 0.3) is 0 Å². The van der Waals surface area contributed by atoms with Crippen LogP contribution in [-0.4, -0.2) is 53.0 Å². The highest BCUT2D eigenvalue weighted by Gasteiger charge is 2.28. The molecule has 0 bridgehead atoms. The molecule has 1 aromatic rings. The largest absolute Gasteiger partial charge is 0.351 e. The quantitative estimate of drug-likeness (QED) is 0.817. The normalized spacial score (nSPS) is 18.3. The van der Waals surface area contributed by atoms with E-state index in [9.17, 15) is 14.4 Å². The van der Waals surface area contributed by atoms with Gasteiger partial charge in [0, 0.05) is 32.5 Å². The molecule has 0 aliphatic carbocycles. The van der Waals surface area contributed by atoms with Gasteiger partial charge in [-0.3, -0.25) is 14.4 Å². The van der Waals surface area contributed by atoms with Crippen LogP contribution in [0.4, 0.5) is 0 Å². The van der Waals surface area contributed by atoms with Gasteiger partial charge in [0.2, 0.25) is 5.91 Å². The highest BCUT2D eigenvalue weighted by molar-refractivity contribution is 7.13. The summed E-state index contributed by atoms with van der Waals surface area (Å²) in [5.41, 5.74) is 3.56. The third-order valence-electron chi connectivity index (χ3n) is 4.71. The number of carbonyl (C=O) groups excluding carboxylic acids is 3. The maximum Gasteiger partial charge on any atom is 0.270 e. The van der Waals surface area contributed by atoms with Crippen molar-refractivity contribution < 1.29 is 14.4 Å². The molecule has 2 aliphatic rings. The number of hydrogen-bond acceptors (Lipinski definition) is 6. The lowest BCUT2D eigenvalue weighted by molar-refractivity contribution is -0.125. The standard InChI is InChI=1S/C17H23N5O3S/c1-10-15(26-11(2)19-10)16(24)18-9-12-5-7-22(8-6-12)17(25)13-3-4-14(23)21-20-13/h12H,3-9H2,1-2H3,(H,18,24)(H,21,23). The van der Waals surface area contributed by atoms with Crippen LogP contribution in [0.15, 0.2) is 5.10 Å². The number of rotatable bonds is 4. The van der Waals surface area contributed by atoms with Crippen molar-refractivity contribution in [3.63, 3.8) is 0 Å². The Morgan fingerprint density at radius 2 is 2.00 bits per heavy atom. The minimum atomic E-state index is -0.151.